The Bertz CT molecular complexity index is 1010. The zero-order valence-corrected chi connectivity index (χ0v) is 19.7. The summed E-state index contributed by atoms with van der Waals surface area (Å²) in [4.78, 5) is 12.6. The highest BCUT2D eigenvalue weighted by atomic mass is 16.6. The van der Waals surface area contributed by atoms with Crippen LogP contribution in [0.5, 0.6) is 0 Å². The molecule has 0 aliphatic carbocycles. The normalized spacial score (nSPS) is 24.5. The standard InChI is InChI=1S/C29H32O5/c1-21-22(2)34-26(20-33-29(30)25-16-10-5-11-17-25)28(32-19-24-14-8-4-9-15-24)27(21)31-18-23-12-6-3-7-13-23/h3-17,21-22,26-28H,18-20H2,1-2H3/t21?,22-,26?,27-,28-/m0/s1. The zero-order chi connectivity index (χ0) is 23.8. The number of rotatable bonds is 9. The molecule has 0 saturated carbocycles. The van der Waals surface area contributed by atoms with Crippen LogP contribution in [0.2, 0.25) is 0 Å². The Hall–Kier alpha value is -2.99. The Morgan fingerprint density at radius 3 is 1.79 bits per heavy atom. The van der Waals surface area contributed by atoms with Crippen molar-refractivity contribution in [3.05, 3.63) is 108 Å². The van der Waals surface area contributed by atoms with Gasteiger partial charge in [0.1, 0.15) is 18.8 Å². The van der Waals surface area contributed by atoms with Crippen molar-refractivity contribution in [1.82, 2.24) is 0 Å². The summed E-state index contributed by atoms with van der Waals surface area (Å²) in [7, 11) is 0. The van der Waals surface area contributed by atoms with Gasteiger partial charge in [-0.1, -0.05) is 85.8 Å². The molecule has 4 rings (SSSR count). The zero-order valence-electron chi connectivity index (χ0n) is 19.7. The Morgan fingerprint density at radius 2 is 1.24 bits per heavy atom. The number of carbonyl (C=O) groups is 1. The first-order valence-corrected chi connectivity index (χ1v) is 11.8. The number of hydrogen-bond acceptors (Lipinski definition) is 5. The SMILES string of the molecule is CC1[C@H](C)OC(COC(=O)c2ccccc2)[C@H](OCc2ccccc2)[C@H]1OCc1ccccc1. The molecule has 1 saturated heterocycles. The number of carbonyl (C=O) groups excluding carboxylic acids is 1. The fourth-order valence-corrected chi connectivity index (χ4v) is 4.19. The third kappa shape index (κ3) is 6.32. The lowest BCUT2D eigenvalue weighted by atomic mass is 9.88. The molecule has 1 aliphatic heterocycles. The molecule has 1 aliphatic rings. The van der Waals surface area contributed by atoms with Gasteiger partial charge in [0.25, 0.3) is 0 Å². The van der Waals surface area contributed by atoms with Crippen LogP contribution in [0.15, 0.2) is 91.0 Å². The maximum absolute atomic E-state index is 12.6. The van der Waals surface area contributed by atoms with Gasteiger partial charge in [-0.2, -0.15) is 0 Å². The van der Waals surface area contributed by atoms with Crippen LogP contribution in [0.25, 0.3) is 0 Å². The summed E-state index contributed by atoms with van der Waals surface area (Å²) < 4.78 is 24.8. The van der Waals surface area contributed by atoms with Gasteiger partial charge in [0.2, 0.25) is 0 Å². The number of ether oxygens (including phenoxy) is 4. The van der Waals surface area contributed by atoms with Gasteiger partial charge in [0.15, 0.2) is 0 Å². The van der Waals surface area contributed by atoms with Crippen molar-refractivity contribution < 1.29 is 23.7 Å². The van der Waals surface area contributed by atoms with Crippen LogP contribution in [0, 0.1) is 5.92 Å². The van der Waals surface area contributed by atoms with Crippen molar-refractivity contribution in [3.8, 4) is 0 Å². The fourth-order valence-electron chi connectivity index (χ4n) is 4.19. The molecule has 34 heavy (non-hydrogen) atoms. The van der Waals surface area contributed by atoms with Gasteiger partial charge < -0.3 is 18.9 Å². The quantitative estimate of drug-likeness (QED) is 0.398. The third-order valence-electron chi connectivity index (χ3n) is 6.30. The molecule has 0 amide bonds. The van der Waals surface area contributed by atoms with Gasteiger partial charge in [-0.05, 0) is 30.2 Å². The van der Waals surface area contributed by atoms with E-state index in [-0.39, 0.29) is 30.7 Å². The first kappa shape index (κ1) is 24.1. The van der Waals surface area contributed by atoms with Crippen molar-refractivity contribution in [2.24, 2.45) is 5.92 Å². The summed E-state index contributed by atoms with van der Waals surface area (Å²) in [6.07, 6.45) is -1.12. The van der Waals surface area contributed by atoms with E-state index in [1.54, 1.807) is 12.1 Å². The second-order valence-electron chi connectivity index (χ2n) is 8.73. The van der Waals surface area contributed by atoms with E-state index in [1.807, 2.05) is 85.8 Å². The third-order valence-corrected chi connectivity index (χ3v) is 6.30. The van der Waals surface area contributed by atoms with Gasteiger partial charge in [-0.25, -0.2) is 4.79 Å². The fraction of sp³-hybridized carbons (Fsp3) is 0.345. The minimum atomic E-state index is -0.441. The summed E-state index contributed by atoms with van der Waals surface area (Å²) in [6, 6.07) is 29.1. The van der Waals surface area contributed by atoms with Crippen molar-refractivity contribution in [2.45, 2.75) is 51.5 Å². The molecule has 3 aromatic carbocycles. The molecule has 0 N–H and O–H groups in total. The average Bonchev–Trinajstić information content (AvgIpc) is 2.89. The second-order valence-corrected chi connectivity index (χ2v) is 8.73. The number of hydrogen-bond donors (Lipinski definition) is 0. The van der Waals surface area contributed by atoms with Gasteiger partial charge in [0, 0.05) is 5.92 Å². The first-order chi connectivity index (χ1) is 16.6. The molecular formula is C29H32O5. The van der Waals surface area contributed by atoms with Crippen LogP contribution in [0.1, 0.15) is 35.3 Å². The molecule has 1 fully saturated rings. The monoisotopic (exact) mass is 460 g/mol. The smallest absolute Gasteiger partial charge is 0.338 e. The molecule has 3 aromatic rings. The minimum absolute atomic E-state index is 0.0715. The molecule has 1 heterocycles. The Kier molecular flexibility index (Phi) is 8.47. The van der Waals surface area contributed by atoms with E-state index >= 15 is 0 Å². The largest absolute Gasteiger partial charge is 0.459 e. The molecule has 5 heteroatoms. The summed E-state index contributed by atoms with van der Waals surface area (Å²) in [6.45, 7) is 5.14. The van der Waals surface area contributed by atoms with Crippen molar-refractivity contribution in [3.63, 3.8) is 0 Å². The topological polar surface area (TPSA) is 54.0 Å². The van der Waals surface area contributed by atoms with Crippen molar-refractivity contribution in [2.75, 3.05) is 6.61 Å². The number of esters is 1. The average molecular weight is 461 g/mol. The minimum Gasteiger partial charge on any atom is -0.459 e. The van der Waals surface area contributed by atoms with E-state index in [2.05, 4.69) is 6.92 Å². The molecule has 0 spiro atoms. The van der Waals surface area contributed by atoms with E-state index in [0.717, 1.165) is 11.1 Å². The van der Waals surface area contributed by atoms with Gasteiger partial charge in [-0.15, -0.1) is 0 Å². The first-order valence-electron chi connectivity index (χ1n) is 11.8. The molecular weight excluding hydrogens is 428 g/mol. The lowest BCUT2D eigenvalue weighted by Crippen LogP contribution is -2.56. The van der Waals surface area contributed by atoms with Gasteiger partial charge in [-0.3, -0.25) is 0 Å². The summed E-state index contributed by atoms with van der Waals surface area (Å²) in [5, 5.41) is 0. The maximum atomic E-state index is 12.6. The van der Waals surface area contributed by atoms with Gasteiger partial charge >= 0.3 is 5.97 Å². The summed E-state index contributed by atoms with van der Waals surface area (Å²) in [5.41, 5.74) is 2.68. The van der Waals surface area contributed by atoms with Crippen LogP contribution < -0.4 is 0 Å². The van der Waals surface area contributed by atoms with Crippen LogP contribution >= 0.6 is 0 Å². The van der Waals surface area contributed by atoms with Crippen LogP contribution in [0.4, 0.5) is 0 Å². The molecule has 2 unspecified atom stereocenters. The van der Waals surface area contributed by atoms with Crippen molar-refractivity contribution >= 4 is 5.97 Å². The summed E-state index contributed by atoms with van der Waals surface area (Å²) >= 11 is 0. The highest BCUT2D eigenvalue weighted by Crippen LogP contribution is 2.32. The molecule has 178 valence electrons. The van der Waals surface area contributed by atoms with E-state index in [4.69, 9.17) is 18.9 Å². The summed E-state index contributed by atoms with van der Waals surface area (Å²) in [5.74, 6) is -0.274. The lowest BCUT2D eigenvalue weighted by Gasteiger charge is -2.44. The maximum Gasteiger partial charge on any atom is 0.338 e. The van der Waals surface area contributed by atoms with Crippen molar-refractivity contribution in [1.29, 1.82) is 0 Å². The Morgan fingerprint density at radius 1 is 0.735 bits per heavy atom. The molecule has 5 nitrogen and oxygen atoms in total. The van der Waals surface area contributed by atoms with E-state index in [1.165, 1.54) is 0 Å². The molecule has 0 aromatic heterocycles. The second kappa shape index (κ2) is 11.9. The number of benzene rings is 3. The van der Waals surface area contributed by atoms with Gasteiger partial charge in [0.05, 0.1) is 31.0 Å². The van der Waals surface area contributed by atoms with Crippen LogP contribution in [-0.4, -0.2) is 37.0 Å². The molecule has 0 bridgehead atoms. The molecule has 5 atom stereocenters. The lowest BCUT2D eigenvalue weighted by molar-refractivity contribution is -0.234. The highest BCUT2D eigenvalue weighted by molar-refractivity contribution is 5.89. The Labute approximate surface area is 201 Å². The van der Waals surface area contributed by atoms with E-state index in [0.29, 0.717) is 18.8 Å². The molecule has 0 radical (unpaired) electrons. The predicted molar refractivity (Wildman–Crippen MR) is 130 cm³/mol. The van der Waals surface area contributed by atoms with Crippen LogP contribution in [-0.2, 0) is 32.2 Å². The predicted octanol–water partition coefficient (Wildman–Crippen LogP) is 5.44. The Balaban J connectivity index is 1.49. The highest BCUT2D eigenvalue weighted by Gasteiger charge is 2.44. The van der Waals surface area contributed by atoms with E-state index < -0.39 is 12.2 Å². The van der Waals surface area contributed by atoms with E-state index in [9.17, 15) is 4.79 Å². The van der Waals surface area contributed by atoms with Crippen LogP contribution in [0.3, 0.4) is 0 Å².